The number of ketones is 1. The van der Waals surface area contributed by atoms with E-state index in [1.165, 1.54) is 13.0 Å². The van der Waals surface area contributed by atoms with Crippen LogP contribution in [0.2, 0.25) is 0 Å². The molecular formula is C49H48O11. The van der Waals surface area contributed by atoms with Gasteiger partial charge in [-0.2, -0.15) is 0 Å². The van der Waals surface area contributed by atoms with E-state index in [0.717, 1.165) is 39.5 Å². The van der Waals surface area contributed by atoms with Gasteiger partial charge in [-0.05, 0) is 95.4 Å². The molecule has 6 aromatic rings. The molecule has 11 heteroatoms. The number of fused-ring (bicyclic) bond motifs is 1. The first kappa shape index (κ1) is 41.3. The summed E-state index contributed by atoms with van der Waals surface area (Å²) in [4.78, 5) is 14.3. The standard InChI is InChI=1S/C49H48O11/c1-32(50)49(59-31-36-12-21-41(55-5)22-13-36)27-43-45(57-29-34-8-17-39(53-3)18-9-34)25-42(56-28-33-6-15-38(52-2)16-7-33)26-46(43)60-48(49)37-14-23-44(51)47(24-37)58-30-35-10-19-40(54-4)20-11-35/h6-26,48,51H,27-31H2,1-5H3. The molecule has 0 amide bonds. The van der Waals surface area contributed by atoms with Crippen LogP contribution in [0.25, 0.3) is 0 Å². The molecule has 0 spiro atoms. The van der Waals surface area contributed by atoms with Gasteiger partial charge in [-0.1, -0.05) is 54.6 Å². The second-order valence-corrected chi connectivity index (χ2v) is 14.3. The first-order chi connectivity index (χ1) is 29.2. The summed E-state index contributed by atoms with van der Waals surface area (Å²) in [5.41, 5.74) is 3.17. The van der Waals surface area contributed by atoms with Crippen molar-refractivity contribution in [3.8, 4) is 51.7 Å². The minimum absolute atomic E-state index is 0.0699. The predicted molar refractivity (Wildman–Crippen MR) is 225 cm³/mol. The molecule has 11 nitrogen and oxygen atoms in total. The Hall–Kier alpha value is -6.85. The molecule has 7 rings (SSSR count). The molecule has 0 saturated carbocycles. The monoisotopic (exact) mass is 812 g/mol. The lowest BCUT2D eigenvalue weighted by molar-refractivity contribution is -0.165. The Bertz CT molecular complexity index is 2360. The number of Topliss-reactive ketones (excluding diaryl/α,β-unsaturated/α-hetero) is 1. The number of hydrogen-bond donors (Lipinski definition) is 1. The molecule has 2 unspecified atom stereocenters. The Morgan fingerprint density at radius 2 is 1.02 bits per heavy atom. The number of carbonyl (C=O) groups is 1. The van der Waals surface area contributed by atoms with Gasteiger partial charge in [0.25, 0.3) is 0 Å². The van der Waals surface area contributed by atoms with Crippen molar-refractivity contribution in [2.75, 3.05) is 28.4 Å². The highest BCUT2D eigenvalue weighted by Crippen LogP contribution is 2.50. The number of benzene rings is 6. The van der Waals surface area contributed by atoms with Crippen molar-refractivity contribution in [2.24, 2.45) is 0 Å². The molecule has 6 aromatic carbocycles. The molecule has 0 bridgehead atoms. The van der Waals surface area contributed by atoms with E-state index in [-0.39, 0.29) is 50.1 Å². The van der Waals surface area contributed by atoms with Gasteiger partial charge in [-0.3, -0.25) is 4.79 Å². The second kappa shape index (κ2) is 18.8. The minimum atomic E-state index is -1.55. The molecule has 0 saturated heterocycles. The maximum atomic E-state index is 14.3. The summed E-state index contributed by atoms with van der Waals surface area (Å²) in [6.07, 6.45) is -0.895. The lowest BCUT2D eigenvalue weighted by Gasteiger charge is -2.43. The molecular weight excluding hydrogens is 765 g/mol. The zero-order chi connectivity index (χ0) is 42.1. The van der Waals surface area contributed by atoms with Crippen molar-refractivity contribution in [1.82, 2.24) is 0 Å². The highest BCUT2D eigenvalue weighted by molar-refractivity contribution is 5.87. The number of ether oxygens (including phenoxy) is 9. The number of phenolic OH excluding ortho intramolecular Hbond substituents is 1. The number of methoxy groups -OCH3 is 4. The van der Waals surface area contributed by atoms with Crippen LogP contribution in [0.15, 0.2) is 127 Å². The molecule has 60 heavy (non-hydrogen) atoms. The fraction of sp³-hybridized carbons (Fsp3) is 0.245. The van der Waals surface area contributed by atoms with E-state index in [1.807, 2.05) is 103 Å². The van der Waals surface area contributed by atoms with Crippen LogP contribution in [0.3, 0.4) is 0 Å². The molecule has 0 radical (unpaired) electrons. The number of phenols is 1. The fourth-order valence-electron chi connectivity index (χ4n) is 6.94. The summed E-state index contributed by atoms with van der Waals surface area (Å²) in [6, 6.07) is 38.7. The quantitative estimate of drug-likeness (QED) is 0.0894. The van der Waals surface area contributed by atoms with Crippen molar-refractivity contribution in [3.63, 3.8) is 0 Å². The Morgan fingerprint density at radius 1 is 0.567 bits per heavy atom. The summed E-state index contributed by atoms with van der Waals surface area (Å²) in [5, 5.41) is 11.0. The first-order valence-electron chi connectivity index (χ1n) is 19.4. The smallest absolute Gasteiger partial charge is 0.171 e. The van der Waals surface area contributed by atoms with E-state index in [1.54, 1.807) is 46.6 Å². The molecule has 1 heterocycles. The average molecular weight is 813 g/mol. The third-order valence-electron chi connectivity index (χ3n) is 10.5. The SMILES string of the molecule is COc1ccc(COc2cc(OCc3ccc(OC)cc3)c3c(c2)OC(c2ccc(O)c(OCc4ccc(OC)cc4)c2)C(OCc2ccc(OC)cc2)(C(C)=O)C3)cc1. The lowest BCUT2D eigenvalue weighted by atomic mass is 9.79. The maximum absolute atomic E-state index is 14.3. The third-order valence-corrected chi connectivity index (χ3v) is 10.5. The second-order valence-electron chi connectivity index (χ2n) is 14.3. The van der Waals surface area contributed by atoms with E-state index < -0.39 is 11.7 Å². The largest absolute Gasteiger partial charge is 0.504 e. The van der Waals surface area contributed by atoms with Crippen molar-refractivity contribution in [1.29, 1.82) is 0 Å². The van der Waals surface area contributed by atoms with Gasteiger partial charge in [0.15, 0.2) is 29.0 Å². The van der Waals surface area contributed by atoms with Crippen LogP contribution >= 0.6 is 0 Å². The van der Waals surface area contributed by atoms with Gasteiger partial charge < -0.3 is 47.7 Å². The van der Waals surface area contributed by atoms with Crippen molar-refractivity contribution >= 4 is 5.78 Å². The Morgan fingerprint density at radius 3 is 1.48 bits per heavy atom. The Balaban J connectivity index is 1.27. The van der Waals surface area contributed by atoms with E-state index in [9.17, 15) is 9.90 Å². The van der Waals surface area contributed by atoms with Crippen LogP contribution in [0.1, 0.15) is 46.4 Å². The summed E-state index contributed by atoms with van der Waals surface area (Å²) in [6.45, 7) is 2.24. The number of hydrogen-bond acceptors (Lipinski definition) is 11. The molecule has 1 aliphatic heterocycles. The molecule has 310 valence electrons. The summed E-state index contributed by atoms with van der Waals surface area (Å²) >= 11 is 0. The molecule has 0 aromatic heterocycles. The topological polar surface area (TPSA) is 120 Å². The zero-order valence-corrected chi connectivity index (χ0v) is 34.3. The van der Waals surface area contributed by atoms with Crippen LogP contribution in [0.4, 0.5) is 0 Å². The predicted octanol–water partition coefficient (Wildman–Crippen LogP) is 9.38. The van der Waals surface area contributed by atoms with Crippen LogP contribution in [0.5, 0.6) is 51.7 Å². The van der Waals surface area contributed by atoms with E-state index in [4.69, 9.17) is 42.6 Å². The highest BCUT2D eigenvalue weighted by Gasteiger charge is 2.52. The van der Waals surface area contributed by atoms with Crippen LogP contribution < -0.4 is 37.9 Å². The highest BCUT2D eigenvalue weighted by atomic mass is 16.6. The lowest BCUT2D eigenvalue weighted by Crippen LogP contribution is -2.52. The Labute approximate surface area is 349 Å². The molecule has 0 aliphatic carbocycles. The molecule has 1 N–H and O–H groups in total. The number of aromatic hydroxyl groups is 1. The van der Waals surface area contributed by atoms with E-state index in [0.29, 0.717) is 34.1 Å². The molecule has 0 fully saturated rings. The van der Waals surface area contributed by atoms with Gasteiger partial charge >= 0.3 is 0 Å². The first-order valence-corrected chi connectivity index (χ1v) is 19.4. The van der Waals surface area contributed by atoms with Gasteiger partial charge in [0.1, 0.15) is 60.1 Å². The van der Waals surface area contributed by atoms with Crippen molar-refractivity contribution in [3.05, 3.63) is 161 Å². The van der Waals surface area contributed by atoms with Crippen LogP contribution in [-0.2, 0) is 42.4 Å². The minimum Gasteiger partial charge on any atom is -0.504 e. The number of rotatable bonds is 18. The summed E-state index contributed by atoms with van der Waals surface area (Å²) in [5.74, 6) is 4.19. The van der Waals surface area contributed by atoms with Gasteiger partial charge in [-0.25, -0.2) is 0 Å². The molecule has 1 aliphatic rings. The zero-order valence-electron chi connectivity index (χ0n) is 34.3. The maximum Gasteiger partial charge on any atom is 0.171 e. The van der Waals surface area contributed by atoms with Crippen LogP contribution in [0, 0.1) is 0 Å². The average Bonchev–Trinajstić information content (AvgIpc) is 3.29. The van der Waals surface area contributed by atoms with Gasteiger partial charge in [0.2, 0.25) is 0 Å². The van der Waals surface area contributed by atoms with Crippen molar-refractivity contribution in [2.45, 2.75) is 51.5 Å². The summed E-state index contributed by atoms with van der Waals surface area (Å²) < 4.78 is 54.1. The van der Waals surface area contributed by atoms with E-state index in [2.05, 4.69) is 0 Å². The molecule has 2 atom stereocenters. The third kappa shape index (κ3) is 9.54. The fourth-order valence-corrected chi connectivity index (χ4v) is 6.94. The van der Waals surface area contributed by atoms with Gasteiger partial charge in [-0.15, -0.1) is 0 Å². The summed E-state index contributed by atoms with van der Waals surface area (Å²) in [7, 11) is 6.46. The van der Waals surface area contributed by atoms with Crippen molar-refractivity contribution < 1.29 is 52.5 Å². The van der Waals surface area contributed by atoms with E-state index >= 15 is 0 Å². The Kier molecular flexibility index (Phi) is 13.0. The number of carbonyl (C=O) groups excluding carboxylic acids is 1. The normalized spacial score (nSPS) is 15.5. The van der Waals surface area contributed by atoms with Gasteiger partial charge in [0, 0.05) is 24.1 Å². The van der Waals surface area contributed by atoms with Gasteiger partial charge in [0.05, 0.1) is 35.0 Å². The van der Waals surface area contributed by atoms with Crippen LogP contribution in [-0.4, -0.2) is 44.9 Å².